The van der Waals surface area contributed by atoms with Gasteiger partial charge in [0.25, 0.3) is 5.91 Å². The molecule has 0 bridgehead atoms. The third-order valence-electron chi connectivity index (χ3n) is 5.46. The predicted molar refractivity (Wildman–Crippen MR) is 125 cm³/mol. The van der Waals surface area contributed by atoms with Gasteiger partial charge >= 0.3 is 0 Å². The zero-order chi connectivity index (χ0) is 21.8. The van der Waals surface area contributed by atoms with Crippen molar-refractivity contribution in [2.24, 2.45) is 0 Å². The van der Waals surface area contributed by atoms with Crippen molar-refractivity contribution < 1.29 is 13.2 Å². The number of carbonyl (C=O) groups excluding carboxylic acids is 1. The summed E-state index contributed by atoms with van der Waals surface area (Å²) in [5.41, 5.74) is 2.29. The lowest BCUT2D eigenvalue weighted by atomic mass is 10.1. The first kappa shape index (κ1) is 21.7. The van der Waals surface area contributed by atoms with Crippen LogP contribution in [-0.4, -0.2) is 56.3 Å². The number of hydrogen-bond acceptors (Lipinski definition) is 5. The minimum Gasteiger partial charge on any atom is -0.321 e. The van der Waals surface area contributed by atoms with Crippen molar-refractivity contribution in [1.82, 2.24) is 9.21 Å². The molecule has 1 saturated heterocycles. The Morgan fingerprint density at radius 3 is 2.45 bits per heavy atom. The lowest BCUT2D eigenvalue weighted by Crippen LogP contribution is -2.48. The maximum Gasteiger partial charge on any atom is 0.266 e. The molecule has 3 aromatic rings. The van der Waals surface area contributed by atoms with E-state index in [2.05, 4.69) is 17.1 Å². The number of hydrogen-bond donors (Lipinski definition) is 1. The Morgan fingerprint density at radius 2 is 1.74 bits per heavy atom. The number of sulfonamides is 1. The van der Waals surface area contributed by atoms with Gasteiger partial charge < -0.3 is 10.2 Å². The van der Waals surface area contributed by atoms with E-state index >= 15 is 0 Å². The average molecular weight is 456 g/mol. The van der Waals surface area contributed by atoms with E-state index in [0.717, 1.165) is 30.8 Å². The fourth-order valence-corrected chi connectivity index (χ4v) is 5.97. The van der Waals surface area contributed by atoms with Crippen molar-refractivity contribution in [2.45, 2.75) is 11.8 Å². The first-order chi connectivity index (χ1) is 15.0. The monoisotopic (exact) mass is 455 g/mol. The Balaban J connectivity index is 1.52. The number of nitrogens with one attached hydrogen (secondary N) is 1. The summed E-state index contributed by atoms with van der Waals surface area (Å²) in [6.45, 7) is 5.40. The third kappa shape index (κ3) is 4.72. The summed E-state index contributed by atoms with van der Waals surface area (Å²) in [6.07, 6.45) is 0. The van der Waals surface area contributed by atoms with Crippen LogP contribution >= 0.6 is 11.3 Å². The van der Waals surface area contributed by atoms with E-state index in [0.29, 0.717) is 23.7 Å². The minimum atomic E-state index is -3.60. The van der Waals surface area contributed by atoms with E-state index in [1.165, 1.54) is 21.7 Å². The topological polar surface area (TPSA) is 69.7 Å². The van der Waals surface area contributed by atoms with Crippen LogP contribution in [0.2, 0.25) is 0 Å². The SMILES string of the molecule is CCN1CCN(S(=O)(=O)c2cccc(NC(=O)c3sccc3-c3ccccc3)c2)CC1. The third-order valence-corrected chi connectivity index (χ3v) is 8.27. The van der Waals surface area contributed by atoms with Gasteiger partial charge in [0, 0.05) is 37.4 Å². The molecule has 0 unspecified atom stereocenters. The number of nitrogens with zero attached hydrogens (tertiary/aromatic N) is 2. The number of thiophene rings is 1. The Morgan fingerprint density at radius 1 is 1.00 bits per heavy atom. The number of amides is 1. The van der Waals surface area contributed by atoms with Crippen LogP contribution in [0.5, 0.6) is 0 Å². The molecule has 1 fully saturated rings. The first-order valence-corrected chi connectivity index (χ1v) is 12.6. The van der Waals surface area contributed by atoms with Crippen LogP contribution in [0.25, 0.3) is 11.1 Å². The lowest BCUT2D eigenvalue weighted by molar-refractivity contribution is 0.103. The minimum absolute atomic E-state index is 0.199. The number of likely N-dealkylation sites (N-methyl/N-ethyl adjacent to an activating group) is 1. The smallest absolute Gasteiger partial charge is 0.266 e. The second kappa shape index (κ2) is 9.32. The highest BCUT2D eigenvalue weighted by molar-refractivity contribution is 7.89. The van der Waals surface area contributed by atoms with E-state index in [1.54, 1.807) is 18.2 Å². The van der Waals surface area contributed by atoms with Crippen LogP contribution in [-0.2, 0) is 10.0 Å². The highest BCUT2D eigenvalue weighted by atomic mass is 32.2. The molecule has 1 aliphatic heterocycles. The molecule has 2 aromatic carbocycles. The molecule has 1 N–H and O–H groups in total. The maximum atomic E-state index is 13.1. The molecular weight excluding hydrogens is 430 g/mol. The van der Waals surface area contributed by atoms with Crippen molar-refractivity contribution in [3.63, 3.8) is 0 Å². The second-order valence-electron chi connectivity index (χ2n) is 7.35. The van der Waals surface area contributed by atoms with Gasteiger partial charge in [0.1, 0.15) is 0 Å². The highest BCUT2D eigenvalue weighted by Crippen LogP contribution is 2.29. The molecule has 0 saturated carbocycles. The van der Waals surface area contributed by atoms with E-state index in [-0.39, 0.29) is 10.8 Å². The van der Waals surface area contributed by atoms with Crippen molar-refractivity contribution in [2.75, 3.05) is 38.0 Å². The maximum absolute atomic E-state index is 13.1. The fraction of sp³-hybridized carbons (Fsp3) is 0.261. The van der Waals surface area contributed by atoms with Gasteiger partial charge in [0.15, 0.2) is 0 Å². The van der Waals surface area contributed by atoms with Gasteiger partial charge in [0.05, 0.1) is 9.77 Å². The summed E-state index contributed by atoms with van der Waals surface area (Å²) in [4.78, 5) is 16.0. The molecule has 0 aliphatic carbocycles. The zero-order valence-corrected chi connectivity index (χ0v) is 19.0. The number of rotatable bonds is 6. The summed E-state index contributed by atoms with van der Waals surface area (Å²) in [5, 5.41) is 4.75. The van der Waals surface area contributed by atoms with Crippen LogP contribution in [0.15, 0.2) is 70.9 Å². The van der Waals surface area contributed by atoms with Gasteiger partial charge in [-0.3, -0.25) is 4.79 Å². The van der Waals surface area contributed by atoms with Crippen LogP contribution in [0.4, 0.5) is 5.69 Å². The Bertz CT molecular complexity index is 1150. The summed E-state index contributed by atoms with van der Waals surface area (Å²) < 4.78 is 27.7. The molecule has 6 nitrogen and oxygen atoms in total. The van der Waals surface area contributed by atoms with Gasteiger partial charge in [0.2, 0.25) is 10.0 Å². The predicted octanol–water partition coefficient (Wildman–Crippen LogP) is 3.99. The molecule has 162 valence electrons. The van der Waals surface area contributed by atoms with Gasteiger partial charge in [-0.15, -0.1) is 11.3 Å². The van der Waals surface area contributed by atoms with Crippen LogP contribution in [0.3, 0.4) is 0 Å². The van der Waals surface area contributed by atoms with E-state index in [4.69, 9.17) is 0 Å². The van der Waals surface area contributed by atoms with Crippen molar-refractivity contribution in [1.29, 1.82) is 0 Å². The van der Waals surface area contributed by atoms with Crippen molar-refractivity contribution in [3.8, 4) is 11.1 Å². The Hall–Kier alpha value is -2.52. The molecule has 1 aliphatic rings. The van der Waals surface area contributed by atoms with E-state index < -0.39 is 10.0 Å². The van der Waals surface area contributed by atoms with Gasteiger partial charge in [-0.2, -0.15) is 4.31 Å². The number of anilines is 1. The second-order valence-corrected chi connectivity index (χ2v) is 10.2. The highest BCUT2D eigenvalue weighted by Gasteiger charge is 2.28. The van der Waals surface area contributed by atoms with E-state index in [9.17, 15) is 13.2 Å². The summed E-state index contributed by atoms with van der Waals surface area (Å²) in [7, 11) is -3.60. The number of piperazine rings is 1. The number of benzene rings is 2. The molecule has 2 heterocycles. The van der Waals surface area contributed by atoms with Crippen LogP contribution in [0, 0.1) is 0 Å². The fourth-order valence-electron chi connectivity index (χ4n) is 3.69. The Labute approximate surface area is 187 Å². The average Bonchev–Trinajstić information content (AvgIpc) is 3.30. The van der Waals surface area contributed by atoms with Gasteiger partial charge in [-0.25, -0.2) is 8.42 Å². The Kier molecular flexibility index (Phi) is 6.52. The lowest BCUT2D eigenvalue weighted by Gasteiger charge is -2.33. The van der Waals surface area contributed by atoms with Gasteiger partial charge in [-0.1, -0.05) is 43.3 Å². The molecule has 0 spiro atoms. The van der Waals surface area contributed by atoms with Crippen LogP contribution in [0.1, 0.15) is 16.6 Å². The van der Waals surface area contributed by atoms with E-state index in [1.807, 2.05) is 41.8 Å². The molecule has 1 amide bonds. The molecular formula is C23H25N3O3S2. The van der Waals surface area contributed by atoms with Crippen molar-refractivity contribution >= 4 is 33.0 Å². The first-order valence-electron chi connectivity index (χ1n) is 10.3. The largest absolute Gasteiger partial charge is 0.321 e. The molecule has 8 heteroatoms. The quantitative estimate of drug-likeness (QED) is 0.610. The summed E-state index contributed by atoms with van der Waals surface area (Å²) in [6, 6.07) is 18.1. The van der Waals surface area contributed by atoms with Gasteiger partial charge in [-0.05, 0) is 41.8 Å². The summed E-state index contributed by atoms with van der Waals surface area (Å²) in [5.74, 6) is -0.250. The summed E-state index contributed by atoms with van der Waals surface area (Å²) >= 11 is 1.36. The molecule has 4 rings (SSSR count). The molecule has 0 atom stereocenters. The molecule has 0 radical (unpaired) electrons. The molecule has 1 aromatic heterocycles. The van der Waals surface area contributed by atoms with Crippen LogP contribution < -0.4 is 5.32 Å². The molecule has 31 heavy (non-hydrogen) atoms. The normalized spacial score (nSPS) is 15.6. The standard InChI is InChI=1S/C23H25N3O3S2/c1-2-25-12-14-26(15-13-25)31(28,29)20-10-6-9-19(17-20)24-23(27)22-21(11-16-30-22)18-7-4-3-5-8-18/h3-11,16-17H,2,12-15H2,1H3,(H,24,27). The van der Waals surface area contributed by atoms with Crippen molar-refractivity contribution in [3.05, 3.63) is 70.9 Å². The number of carbonyl (C=O) groups is 1. The zero-order valence-electron chi connectivity index (χ0n) is 17.3.